The Morgan fingerprint density at radius 3 is 2.96 bits per heavy atom. The lowest BCUT2D eigenvalue weighted by Crippen LogP contribution is -2.42. The number of nitrogens with zero attached hydrogens (tertiary/aromatic N) is 1. The first-order valence-corrected chi connectivity index (χ1v) is 9.02. The maximum Gasteiger partial charge on any atom is 0.270 e. The average Bonchev–Trinajstić information content (AvgIpc) is 3.03. The number of piperidine rings is 1. The van der Waals surface area contributed by atoms with Gasteiger partial charge in [-0.05, 0) is 43.5 Å². The predicted octanol–water partition coefficient (Wildman–Crippen LogP) is 3.58. The van der Waals surface area contributed by atoms with Gasteiger partial charge in [0, 0.05) is 22.5 Å². The minimum absolute atomic E-state index is 0.103. The van der Waals surface area contributed by atoms with Crippen LogP contribution >= 0.6 is 22.9 Å². The summed E-state index contributed by atoms with van der Waals surface area (Å²) in [5.41, 5.74) is 1.58. The number of thiazole rings is 1. The normalized spacial score (nSPS) is 17.0. The van der Waals surface area contributed by atoms with Crippen LogP contribution in [0.25, 0.3) is 10.6 Å². The van der Waals surface area contributed by atoms with Crippen LogP contribution < -0.4 is 10.6 Å². The van der Waals surface area contributed by atoms with E-state index in [0.29, 0.717) is 17.3 Å². The number of carbonyl (C=O) groups is 1. The van der Waals surface area contributed by atoms with Gasteiger partial charge in [-0.1, -0.05) is 30.7 Å². The molecule has 1 amide bonds. The van der Waals surface area contributed by atoms with E-state index in [1.165, 1.54) is 11.3 Å². The number of nitrogens with one attached hydrogen (secondary N) is 2. The Balaban J connectivity index is 1.64. The van der Waals surface area contributed by atoms with Gasteiger partial charge in [-0.2, -0.15) is 0 Å². The molecule has 0 atom stereocenters. The van der Waals surface area contributed by atoms with Crippen LogP contribution in [0, 0.1) is 5.41 Å². The van der Waals surface area contributed by atoms with E-state index in [0.717, 1.165) is 36.5 Å². The van der Waals surface area contributed by atoms with Crippen molar-refractivity contribution in [2.45, 2.75) is 19.8 Å². The molecule has 2 N–H and O–H groups in total. The summed E-state index contributed by atoms with van der Waals surface area (Å²) in [4.78, 5) is 16.8. The van der Waals surface area contributed by atoms with Crippen molar-refractivity contribution in [2.75, 3.05) is 19.6 Å². The molecule has 6 heteroatoms. The van der Waals surface area contributed by atoms with Gasteiger partial charge in [0.2, 0.25) is 0 Å². The zero-order valence-electron chi connectivity index (χ0n) is 13.1. The summed E-state index contributed by atoms with van der Waals surface area (Å²) in [6.07, 6.45) is 2.16. The molecule has 2 heterocycles. The van der Waals surface area contributed by atoms with Crippen molar-refractivity contribution in [3.63, 3.8) is 0 Å². The molecule has 4 nitrogen and oxygen atoms in total. The number of hydrogen-bond donors (Lipinski definition) is 2. The summed E-state index contributed by atoms with van der Waals surface area (Å²) < 4.78 is 0. The first-order chi connectivity index (χ1) is 11.1. The molecule has 0 bridgehead atoms. The van der Waals surface area contributed by atoms with E-state index >= 15 is 0 Å². The van der Waals surface area contributed by atoms with Crippen LogP contribution in [0.15, 0.2) is 29.6 Å². The summed E-state index contributed by atoms with van der Waals surface area (Å²) in [6, 6.07) is 7.52. The molecule has 1 aromatic carbocycles. The van der Waals surface area contributed by atoms with Gasteiger partial charge in [-0.25, -0.2) is 4.98 Å². The first kappa shape index (κ1) is 16.4. The standard InChI is InChI=1S/C17H20ClN3OS/c1-17(5-7-19-8-6-17)11-20-15(22)14-10-23-16(21-14)12-3-2-4-13(18)9-12/h2-4,9-10,19H,5-8,11H2,1H3,(H,20,22). The summed E-state index contributed by atoms with van der Waals surface area (Å²) in [7, 11) is 0. The van der Waals surface area contributed by atoms with Gasteiger partial charge in [-0.3, -0.25) is 4.79 Å². The Bertz CT molecular complexity index is 695. The number of halogens is 1. The molecule has 23 heavy (non-hydrogen) atoms. The van der Waals surface area contributed by atoms with Crippen molar-refractivity contribution >= 4 is 28.8 Å². The zero-order chi connectivity index (χ0) is 16.3. The molecule has 0 unspecified atom stereocenters. The Kier molecular flexibility index (Phi) is 4.99. The molecule has 1 aliphatic heterocycles. The monoisotopic (exact) mass is 349 g/mol. The Morgan fingerprint density at radius 2 is 2.22 bits per heavy atom. The second-order valence-electron chi connectivity index (χ2n) is 6.29. The van der Waals surface area contributed by atoms with E-state index in [1.807, 2.05) is 24.3 Å². The van der Waals surface area contributed by atoms with Crippen LogP contribution in [0.3, 0.4) is 0 Å². The fraction of sp³-hybridized carbons (Fsp3) is 0.412. The molecular formula is C17H20ClN3OS. The lowest BCUT2D eigenvalue weighted by molar-refractivity contribution is 0.0918. The van der Waals surface area contributed by atoms with Crippen LogP contribution in [0.4, 0.5) is 0 Å². The number of carbonyl (C=O) groups excluding carboxylic acids is 1. The second-order valence-corrected chi connectivity index (χ2v) is 7.59. The predicted molar refractivity (Wildman–Crippen MR) is 95.1 cm³/mol. The maximum atomic E-state index is 12.3. The van der Waals surface area contributed by atoms with E-state index < -0.39 is 0 Å². The number of amides is 1. The highest BCUT2D eigenvalue weighted by molar-refractivity contribution is 7.13. The summed E-state index contributed by atoms with van der Waals surface area (Å²) in [5.74, 6) is -0.103. The number of benzene rings is 1. The lowest BCUT2D eigenvalue weighted by Gasteiger charge is -2.34. The molecule has 2 aromatic rings. The van der Waals surface area contributed by atoms with E-state index in [2.05, 4.69) is 22.5 Å². The van der Waals surface area contributed by atoms with Crippen molar-refractivity contribution in [1.82, 2.24) is 15.6 Å². The van der Waals surface area contributed by atoms with Crippen LogP contribution in [-0.2, 0) is 0 Å². The third kappa shape index (κ3) is 4.10. The molecule has 0 saturated carbocycles. The molecule has 1 saturated heterocycles. The first-order valence-electron chi connectivity index (χ1n) is 7.76. The van der Waals surface area contributed by atoms with Crippen molar-refractivity contribution < 1.29 is 4.79 Å². The smallest absolute Gasteiger partial charge is 0.270 e. The van der Waals surface area contributed by atoms with Crippen molar-refractivity contribution in [1.29, 1.82) is 0 Å². The van der Waals surface area contributed by atoms with Crippen molar-refractivity contribution in [2.24, 2.45) is 5.41 Å². The summed E-state index contributed by atoms with van der Waals surface area (Å²) in [6.45, 7) is 4.95. The molecule has 1 aromatic heterocycles. The molecule has 3 rings (SSSR count). The third-order valence-electron chi connectivity index (χ3n) is 4.29. The highest BCUT2D eigenvalue weighted by Gasteiger charge is 2.27. The van der Waals surface area contributed by atoms with Gasteiger partial charge in [0.25, 0.3) is 5.91 Å². The highest BCUT2D eigenvalue weighted by Crippen LogP contribution is 2.28. The number of rotatable bonds is 4. The molecule has 0 aliphatic carbocycles. The minimum atomic E-state index is -0.103. The fourth-order valence-corrected chi connectivity index (χ4v) is 3.71. The van der Waals surface area contributed by atoms with E-state index in [4.69, 9.17) is 11.6 Å². The minimum Gasteiger partial charge on any atom is -0.350 e. The Labute approximate surface area is 145 Å². The van der Waals surface area contributed by atoms with E-state index in [-0.39, 0.29) is 11.3 Å². The third-order valence-corrected chi connectivity index (χ3v) is 5.42. The molecular weight excluding hydrogens is 330 g/mol. The van der Waals surface area contributed by atoms with Crippen molar-refractivity contribution in [3.05, 3.63) is 40.4 Å². The zero-order valence-corrected chi connectivity index (χ0v) is 14.6. The Hall–Kier alpha value is -1.43. The Morgan fingerprint density at radius 1 is 1.43 bits per heavy atom. The molecule has 0 spiro atoms. The van der Waals surface area contributed by atoms with Crippen LogP contribution in [0.5, 0.6) is 0 Å². The molecule has 1 fully saturated rings. The summed E-state index contributed by atoms with van der Waals surface area (Å²) in [5, 5.41) is 9.67. The average molecular weight is 350 g/mol. The fourth-order valence-electron chi connectivity index (χ4n) is 2.72. The van der Waals surface area contributed by atoms with E-state index in [1.54, 1.807) is 5.38 Å². The summed E-state index contributed by atoms with van der Waals surface area (Å²) >= 11 is 7.47. The molecule has 122 valence electrons. The van der Waals surface area contributed by atoms with Crippen molar-refractivity contribution in [3.8, 4) is 10.6 Å². The molecule has 0 radical (unpaired) electrons. The second kappa shape index (κ2) is 6.99. The van der Waals surface area contributed by atoms with Gasteiger partial charge >= 0.3 is 0 Å². The largest absolute Gasteiger partial charge is 0.350 e. The van der Waals surface area contributed by atoms with Crippen LogP contribution in [-0.4, -0.2) is 30.5 Å². The SMILES string of the molecule is CC1(CNC(=O)c2csc(-c3cccc(Cl)c3)n2)CCNCC1. The highest BCUT2D eigenvalue weighted by atomic mass is 35.5. The van der Waals surface area contributed by atoms with Crippen LogP contribution in [0.2, 0.25) is 5.02 Å². The maximum absolute atomic E-state index is 12.3. The van der Waals surface area contributed by atoms with Gasteiger partial charge in [-0.15, -0.1) is 11.3 Å². The topological polar surface area (TPSA) is 54.0 Å². The van der Waals surface area contributed by atoms with E-state index in [9.17, 15) is 4.79 Å². The van der Waals surface area contributed by atoms with Gasteiger partial charge < -0.3 is 10.6 Å². The molecule has 1 aliphatic rings. The lowest BCUT2D eigenvalue weighted by atomic mass is 9.81. The van der Waals surface area contributed by atoms with Gasteiger partial charge in [0.1, 0.15) is 10.7 Å². The number of hydrogen-bond acceptors (Lipinski definition) is 4. The van der Waals surface area contributed by atoms with Gasteiger partial charge in [0.15, 0.2) is 0 Å². The quantitative estimate of drug-likeness (QED) is 0.887. The van der Waals surface area contributed by atoms with Crippen LogP contribution in [0.1, 0.15) is 30.3 Å². The van der Waals surface area contributed by atoms with Gasteiger partial charge in [0.05, 0.1) is 0 Å². The number of aromatic nitrogens is 1.